The van der Waals surface area contributed by atoms with Gasteiger partial charge in [0.25, 0.3) is 5.91 Å². The zero-order chi connectivity index (χ0) is 15.3. The number of nitrogens with zero attached hydrogens (tertiary/aromatic N) is 3. The van der Waals surface area contributed by atoms with E-state index in [4.69, 9.17) is 4.42 Å². The molecule has 1 aliphatic heterocycles. The molecule has 0 aromatic carbocycles. The van der Waals surface area contributed by atoms with Gasteiger partial charge in [-0.2, -0.15) is 5.10 Å². The van der Waals surface area contributed by atoms with Gasteiger partial charge in [0.05, 0.1) is 11.4 Å². The lowest BCUT2D eigenvalue weighted by molar-refractivity contribution is 0.0728. The lowest BCUT2D eigenvalue weighted by atomic mass is 10.1. The van der Waals surface area contributed by atoms with Gasteiger partial charge in [-0.25, -0.2) is 4.98 Å². The molecule has 0 spiro atoms. The van der Waals surface area contributed by atoms with Crippen LogP contribution in [0.2, 0.25) is 0 Å². The van der Waals surface area contributed by atoms with Crippen LogP contribution in [-0.4, -0.2) is 39.1 Å². The van der Waals surface area contributed by atoms with Gasteiger partial charge in [-0.05, 0) is 31.7 Å². The first-order chi connectivity index (χ1) is 10.6. The van der Waals surface area contributed by atoms with Crippen LogP contribution in [0.15, 0.2) is 4.42 Å². The van der Waals surface area contributed by atoms with E-state index in [0.717, 1.165) is 12.8 Å². The Morgan fingerprint density at radius 3 is 2.73 bits per heavy atom. The number of hydrogen-bond donors (Lipinski definition) is 1. The number of aryl methyl sites for hydroxylation is 2. The summed E-state index contributed by atoms with van der Waals surface area (Å²) in [6.45, 7) is 4.99. The Morgan fingerprint density at radius 2 is 2.05 bits per heavy atom. The summed E-state index contributed by atoms with van der Waals surface area (Å²) in [5, 5.41) is 7.67. The van der Waals surface area contributed by atoms with E-state index in [0.29, 0.717) is 36.4 Å². The predicted octanol–water partition coefficient (Wildman–Crippen LogP) is 2.13. The molecule has 1 amide bonds. The van der Waals surface area contributed by atoms with E-state index in [1.165, 1.54) is 29.8 Å². The van der Waals surface area contributed by atoms with Gasteiger partial charge < -0.3 is 9.32 Å². The third kappa shape index (κ3) is 2.23. The number of nitrogens with one attached hydrogen (secondary N) is 1. The summed E-state index contributed by atoms with van der Waals surface area (Å²) in [7, 11) is 0. The molecule has 0 bridgehead atoms. The quantitative estimate of drug-likeness (QED) is 0.922. The molecule has 0 radical (unpaired) electrons. The Morgan fingerprint density at radius 1 is 1.27 bits per heavy atom. The van der Waals surface area contributed by atoms with Crippen molar-refractivity contribution in [3.63, 3.8) is 0 Å². The number of amides is 1. The summed E-state index contributed by atoms with van der Waals surface area (Å²) in [5.41, 5.74) is 4.44. The maximum Gasteiger partial charge on any atom is 0.291 e. The second-order valence-corrected chi connectivity index (χ2v) is 6.28. The average molecular weight is 300 g/mol. The van der Waals surface area contributed by atoms with Gasteiger partial charge in [0.2, 0.25) is 5.76 Å². The fourth-order valence-corrected chi connectivity index (χ4v) is 3.28. The monoisotopic (exact) mass is 300 g/mol. The van der Waals surface area contributed by atoms with Crippen LogP contribution in [0, 0.1) is 13.8 Å². The van der Waals surface area contributed by atoms with Crippen molar-refractivity contribution in [2.24, 2.45) is 0 Å². The number of aromatic amines is 1. The normalized spacial score (nSPS) is 18.2. The molecule has 1 N–H and O–H groups in total. The fraction of sp³-hybridized carbons (Fsp3) is 0.562. The molecule has 4 rings (SSSR count). The lowest BCUT2D eigenvalue weighted by Gasteiger charge is -2.19. The van der Waals surface area contributed by atoms with Crippen molar-refractivity contribution in [2.75, 3.05) is 13.1 Å². The van der Waals surface area contributed by atoms with Crippen LogP contribution >= 0.6 is 0 Å². The highest BCUT2D eigenvalue weighted by atomic mass is 16.4. The maximum absolute atomic E-state index is 12.7. The van der Waals surface area contributed by atoms with Crippen molar-refractivity contribution in [3.05, 3.63) is 34.3 Å². The summed E-state index contributed by atoms with van der Waals surface area (Å²) >= 11 is 0. The van der Waals surface area contributed by atoms with Gasteiger partial charge in [-0.1, -0.05) is 0 Å². The van der Waals surface area contributed by atoms with Crippen LogP contribution in [0.5, 0.6) is 0 Å². The molecule has 2 aliphatic rings. The average Bonchev–Trinajstić information content (AvgIpc) is 3.22. The van der Waals surface area contributed by atoms with Crippen molar-refractivity contribution in [1.82, 2.24) is 20.1 Å². The molecule has 1 saturated carbocycles. The molecule has 22 heavy (non-hydrogen) atoms. The Hall–Kier alpha value is -2.11. The second-order valence-electron chi connectivity index (χ2n) is 6.28. The molecule has 0 unspecified atom stereocenters. The summed E-state index contributed by atoms with van der Waals surface area (Å²) in [4.78, 5) is 18.7. The summed E-state index contributed by atoms with van der Waals surface area (Å²) in [5.74, 6) is 1.51. The van der Waals surface area contributed by atoms with Gasteiger partial charge in [0.1, 0.15) is 0 Å². The fourth-order valence-electron chi connectivity index (χ4n) is 3.28. The SMILES string of the molecule is Cc1nc(C)c(C(=O)N2CCc3[nH]nc(C4CC4)c3CC2)o1. The highest BCUT2D eigenvalue weighted by Gasteiger charge is 2.32. The van der Waals surface area contributed by atoms with Gasteiger partial charge in [0.15, 0.2) is 5.89 Å². The van der Waals surface area contributed by atoms with Crippen LogP contribution in [0.3, 0.4) is 0 Å². The van der Waals surface area contributed by atoms with Gasteiger partial charge in [0, 0.05) is 38.0 Å². The Balaban J connectivity index is 1.54. The molecular weight excluding hydrogens is 280 g/mol. The van der Waals surface area contributed by atoms with Crippen LogP contribution in [0.4, 0.5) is 0 Å². The summed E-state index contributed by atoms with van der Waals surface area (Å²) in [6.07, 6.45) is 4.19. The molecule has 1 aliphatic carbocycles. The molecular formula is C16H20N4O2. The van der Waals surface area contributed by atoms with Crippen molar-refractivity contribution in [3.8, 4) is 0 Å². The van der Waals surface area contributed by atoms with Gasteiger partial charge >= 0.3 is 0 Å². The molecule has 0 saturated heterocycles. The summed E-state index contributed by atoms with van der Waals surface area (Å²) in [6, 6.07) is 0. The number of aromatic nitrogens is 3. The zero-order valence-electron chi connectivity index (χ0n) is 13.0. The number of rotatable bonds is 2. The smallest absolute Gasteiger partial charge is 0.291 e. The lowest BCUT2D eigenvalue weighted by Crippen LogP contribution is -2.33. The second kappa shape index (κ2) is 4.97. The van der Waals surface area contributed by atoms with E-state index in [-0.39, 0.29) is 5.91 Å². The predicted molar refractivity (Wildman–Crippen MR) is 79.9 cm³/mol. The van der Waals surface area contributed by atoms with E-state index >= 15 is 0 Å². The van der Waals surface area contributed by atoms with E-state index in [2.05, 4.69) is 15.2 Å². The Kier molecular flexibility index (Phi) is 3.06. The number of carbonyl (C=O) groups excluding carboxylic acids is 1. The van der Waals surface area contributed by atoms with Crippen molar-refractivity contribution in [2.45, 2.75) is 45.4 Å². The number of oxazole rings is 1. The standard InChI is InChI=1S/C16H20N4O2/c1-9-15(22-10(2)17-9)16(21)20-7-5-12-13(6-8-20)18-19-14(12)11-3-4-11/h11H,3-8H2,1-2H3,(H,18,19). The third-order valence-electron chi connectivity index (χ3n) is 4.60. The molecule has 116 valence electrons. The minimum Gasteiger partial charge on any atom is -0.436 e. The number of H-pyrrole nitrogens is 1. The minimum absolute atomic E-state index is 0.0517. The molecule has 1 fully saturated rings. The molecule has 0 atom stereocenters. The first kappa shape index (κ1) is 13.5. The topological polar surface area (TPSA) is 75.0 Å². The van der Waals surface area contributed by atoms with Crippen molar-refractivity contribution < 1.29 is 9.21 Å². The molecule has 2 aromatic heterocycles. The molecule has 6 heteroatoms. The van der Waals surface area contributed by atoms with Crippen LogP contribution in [0.25, 0.3) is 0 Å². The van der Waals surface area contributed by atoms with E-state index < -0.39 is 0 Å². The van der Waals surface area contributed by atoms with E-state index in [1.807, 2.05) is 11.8 Å². The number of carbonyl (C=O) groups is 1. The van der Waals surface area contributed by atoms with E-state index in [1.54, 1.807) is 6.92 Å². The highest BCUT2D eigenvalue weighted by molar-refractivity contribution is 5.92. The maximum atomic E-state index is 12.7. The van der Waals surface area contributed by atoms with Crippen LogP contribution in [0.1, 0.15) is 57.9 Å². The Labute approximate surface area is 128 Å². The molecule has 2 aromatic rings. The zero-order valence-corrected chi connectivity index (χ0v) is 13.0. The van der Waals surface area contributed by atoms with Crippen molar-refractivity contribution >= 4 is 5.91 Å². The number of hydrogen-bond acceptors (Lipinski definition) is 4. The van der Waals surface area contributed by atoms with Gasteiger partial charge in [-0.3, -0.25) is 9.89 Å². The number of fused-ring (bicyclic) bond motifs is 1. The third-order valence-corrected chi connectivity index (χ3v) is 4.60. The van der Waals surface area contributed by atoms with Gasteiger partial charge in [-0.15, -0.1) is 0 Å². The first-order valence-corrected chi connectivity index (χ1v) is 7.93. The van der Waals surface area contributed by atoms with Crippen LogP contribution in [-0.2, 0) is 12.8 Å². The van der Waals surface area contributed by atoms with Crippen LogP contribution < -0.4 is 0 Å². The molecule has 3 heterocycles. The first-order valence-electron chi connectivity index (χ1n) is 7.93. The van der Waals surface area contributed by atoms with Crippen molar-refractivity contribution in [1.29, 1.82) is 0 Å². The highest BCUT2D eigenvalue weighted by Crippen LogP contribution is 2.41. The summed E-state index contributed by atoms with van der Waals surface area (Å²) < 4.78 is 5.48. The Bertz CT molecular complexity index is 727. The minimum atomic E-state index is -0.0517. The van der Waals surface area contributed by atoms with E-state index in [9.17, 15) is 4.79 Å². The largest absolute Gasteiger partial charge is 0.436 e. The molecule has 6 nitrogen and oxygen atoms in total.